The molecule has 0 bridgehead atoms. The summed E-state index contributed by atoms with van der Waals surface area (Å²) in [6.07, 6.45) is 8.88. The molecule has 0 saturated carbocycles. The Labute approximate surface area is 242 Å². The molecule has 0 aliphatic carbocycles. The molecule has 3 aromatic heterocycles. The maximum absolute atomic E-state index is 12.9. The van der Waals surface area contributed by atoms with Crippen molar-refractivity contribution in [2.45, 2.75) is 6.42 Å². The molecule has 0 unspecified atom stereocenters. The van der Waals surface area contributed by atoms with E-state index in [1.54, 1.807) is 42.7 Å². The zero-order valence-electron chi connectivity index (χ0n) is 22.6. The molecule has 5 rings (SSSR count). The Balaban J connectivity index is 1.23. The molecule has 206 valence electrons. The van der Waals surface area contributed by atoms with Crippen LogP contribution < -0.4 is 10.6 Å². The third kappa shape index (κ3) is 7.21. The Hall–Kier alpha value is -4.86. The second kappa shape index (κ2) is 12.5. The zero-order valence-corrected chi connectivity index (χ0v) is 23.3. The summed E-state index contributed by atoms with van der Waals surface area (Å²) in [6, 6.07) is 18.2. The number of anilines is 2. The number of carbonyl (C=O) groups is 2. The smallest absolute Gasteiger partial charge is 0.255 e. The number of likely N-dealkylation sites (N-methyl/N-ethyl adjacent to an activating group) is 1. The number of nitrogens with one attached hydrogen (secondary N) is 3. The Bertz CT molecular complexity index is 1730. The van der Waals surface area contributed by atoms with Crippen molar-refractivity contribution in [3.05, 3.63) is 113 Å². The number of aromatic nitrogens is 4. The molecular weight excluding hydrogens is 538 g/mol. The Morgan fingerprint density at radius 3 is 2.61 bits per heavy atom. The van der Waals surface area contributed by atoms with Gasteiger partial charge in [-0.15, -0.1) is 0 Å². The van der Waals surface area contributed by atoms with Gasteiger partial charge in [0, 0.05) is 65.5 Å². The van der Waals surface area contributed by atoms with E-state index >= 15 is 0 Å². The molecular formula is C31H28ClN7O2. The van der Waals surface area contributed by atoms with E-state index in [1.807, 2.05) is 61.6 Å². The van der Waals surface area contributed by atoms with Gasteiger partial charge in [-0.2, -0.15) is 0 Å². The molecule has 41 heavy (non-hydrogen) atoms. The number of nitrogens with zero attached hydrogens (tertiary/aromatic N) is 4. The van der Waals surface area contributed by atoms with Gasteiger partial charge in [0.25, 0.3) is 5.91 Å². The van der Waals surface area contributed by atoms with Gasteiger partial charge >= 0.3 is 0 Å². The fourth-order valence-electron chi connectivity index (χ4n) is 4.16. The lowest BCUT2D eigenvalue weighted by Gasteiger charge is -2.09. The normalized spacial score (nSPS) is 11.3. The van der Waals surface area contributed by atoms with Crippen molar-refractivity contribution < 1.29 is 9.59 Å². The van der Waals surface area contributed by atoms with Gasteiger partial charge in [0.1, 0.15) is 11.5 Å². The third-order valence-corrected chi connectivity index (χ3v) is 6.45. The second-order valence-electron chi connectivity index (χ2n) is 9.68. The predicted octanol–water partition coefficient (Wildman–Crippen LogP) is 5.57. The number of aromatic amines is 1. The first-order valence-corrected chi connectivity index (χ1v) is 13.3. The van der Waals surface area contributed by atoms with E-state index in [0.717, 1.165) is 22.2 Å². The molecule has 0 radical (unpaired) electrons. The van der Waals surface area contributed by atoms with E-state index in [-0.39, 0.29) is 11.8 Å². The van der Waals surface area contributed by atoms with Crippen LogP contribution in [0.25, 0.3) is 22.3 Å². The number of H-pyrrole nitrogens is 1. The molecule has 0 fully saturated rings. The molecule has 3 heterocycles. The van der Waals surface area contributed by atoms with Crippen LogP contribution in [-0.4, -0.2) is 57.3 Å². The number of fused-ring (bicyclic) bond motifs is 1. The van der Waals surface area contributed by atoms with E-state index in [2.05, 4.69) is 25.6 Å². The number of benzene rings is 2. The summed E-state index contributed by atoms with van der Waals surface area (Å²) in [7, 11) is 3.85. The highest BCUT2D eigenvalue weighted by atomic mass is 35.5. The number of pyridine rings is 1. The predicted molar refractivity (Wildman–Crippen MR) is 162 cm³/mol. The number of hydrogen-bond donors (Lipinski definition) is 3. The lowest BCUT2D eigenvalue weighted by molar-refractivity contribution is -0.111. The van der Waals surface area contributed by atoms with Crippen molar-refractivity contribution in [3.8, 4) is 11.3 Å². The van der Waals surface area contributed by atoms with Crippen LogP contribution in [0, 0.1) is 0 Å². The molecule has 9 nitrogen and oxygen atoms in total. The average molecular weight is 566 g/mol. The molecule has 0 aliphatic heterocycles. The Morgan fingerprint density at radius 1 is 0.976 bits per heavy atom. The largest absolute Gasteiger partial charge is 0.346 e. The maximum atomic E-state index is 12.9. The zero-order chi connectivity index (χ0) is 28.8. The summed E-state index contributed by atoms with van der Waals surface area (Å²) < 4.78 is 0. The molecule has 0 saturated heterocycles. The number of rotatable bonds is 9. The van der Waals surface area contributed by atoms with Crippen molar-refractivity contribution in [2.24, 2.45) is 0 Å². The van der Waals surface area contributed by atoms with Gasteiger partial charge in [-0.05, 0) is 68.2 Å². The van der Waals surface area contributed by atoms with E-state index in [9.17, 15) is 9.59 Å². The maximum Gasteiger partial charge on any atom is 0.255 e. The van der Waals surface area contributed by atoms with E-state index in [0.29, 0.717) is 46.4 Å². The summed E-state index contributed by atoms with van der Waals surface area (Å²) in [4.78, 5) is 43.5. The monoisotopic (exact) mass is 565 g/mol. The van der Waals surface area contributed by atoms with Crippen LogP contribution in [0.1, 0.15) is 21.7 Å². The van der Waals surface area contributed by atoms with Crippen LogP contribution in [0.2, 0.25) is 5.02 Å². The summed E-state index contributed by atoms with van der Waals surface area (Å²) in [5, 5.41) is 7.12. The SMILES string of the molecule is CN(C)C/C=C/C(=O)Nc1ccc(C(=O)Nc2cccc(Cc3ncc(Cl)c(-c4cnc5[nH]ccc5c4)n3)c2)cc1. The Morgan fingerprint density at radius 2 is 1.80 bits per heavy atom. The molecule has 0 aliphatic rings. The molecule has 0 atom stereocenters. The van der Waals surface area contributed by atoms with Gasteiger partial charge < -0.3 is 20.5 Å². The fourth-order valence-corrected chi connectivity index (χ4v) is 4.37. The lowest BCUT2D eigenvalue weighted by Crippen LogP contribution is -2.14. The lowest BCUT2D eigenvalue weighted by atomic mass is 10.1. The van der Waals surface area contributed by atoms with Crippen molar-refractivity contribution in [2.75, 3.05) is 31.3 Å². The van der Waals surface area contributed by atoms with E-state index < -0.39 is 0 Å². The molecule has 2 aromatic carbocycles. The standard InChI is InChI=1S/C31H28ClN7O2/c1-39(2)14-4-7-28(40)36-24-10-8-21(9-11-24)31(41)37-25-6-3-5-20(15-25)16-27-34-19-26(32)29(38-27)23-17-22-12-13-33-30(22)35-18-23/h3-13,15,17-19H,14,16H2,1-2H3,(H,33,35)(H,36,40)(H,37,41)/b7-4+. The van der Waals surface area contributed by atoms with Gasteiger partial charge in [0.15, 0.2) is 0 Å². The van der Waals surface area contributed by atoms with E-state index in [4.69, 9.17) is 16.6 Å². The minimum absolute atomic E-state index is 0.226. The van der Waals surface area contributed by atoms with Crippen LogP contribution in [0.3, 0.4) is 0 Å². The molecule has 2 amide bonds. The van der Waals surface area contributed by atoms with E-state index in [1.165, 1.54) is 6.08 Å². The van der Waals surface area contributed by atoms with Crippen molar-refractivity contribution in [1.29, 1.82) is 0 Å². The van der Waals surface area contributed by atoms with Crippen molar-refractivity contribution in [3.63, 3.8) is 0 Å². The van der Waals surface area contributed by atoms with Crippen LogP contribution in [0.15, 0.2) is 91.4 Å². The van der Waals surface area contributed by atoms with Gasteiger partial charge in [-0.25, -0.2) is 15.0 Å². The number of halogens is 1. The average Bonchev–Trinajstić information content (AvgIpc) is 3.42. The van der Waals surface area contributed by atoms with Gasteiger partial charge in [0.05, 0.1) is 10.7 Å². The summed E-state index contributed by atoms with van der Waals surface area (Å²) in [5.41, 5.74) is 4.86. The van der Waals surface area contributed by atoms with Crippen molar-refractivity contribution in [1.82, 2.24) is 24.8 Å². The minimum atomic E-state index is -0.261. The first-order chi connectivity index (χ1) is 19.8. The quantitative estimate of drug-likeness (QED) is 0.201. The summed E-state index contributed by atoms with van der Waals surface area (Å²) in [6.45, 7) is 0.671. The molecule has 3 N–H and O–H groups in total. The number of carbonyl (C=O) groups excluding carboxylic acids is 2. The van der Waals surface area contributed by atoms with Crippen LogP contribution in [0.4, 0.5) is 11.4 Å². The highest BCUT2D eigenvalue weighted by Crippen LogP contribution is 2.27. The highest BCUT2D eigenvalue weighted by molar-refractivity contribution is 6.32. The highest BCUT2D eigenvalue weighted by Gasteiger charge is 2.12. The summed E-state index contributed by atoms with van der Waals surface area (Å²) >= 11 is 6.43. The first-order valence-electron chi connectivity index (χ1n) is 12.9. The molecule has 5 aromatic rings. The molecule has 0 spiro atoms. The molecule has 10 heteroatoms. The van der Waals surface area contributed by atoms with Crippen LogP contribution >= 0.6 is 11.6 Å². The number of amides is 2. The minimum Gasteiger partial charge on any atom is -0.346 e. The second-order valence-corrected chi connectivity index (χ2v) is 10.1. The topological polar surface area (TPSA) is 116 Å². The van der Waals surface area contributed by atoms with Gasteiger partial charge in [-0.3, -0.25) is 9.59 Å². The third-order valence-electron chi connectivity index (χ3n) is 6.17. The fraction of sp³-hybridized carbons (Fsp3) is 0.129. The van der Waals surface area contributed by atoms with Gasteiger partial charge in [-0.1, -0.05) is 29.8 Å². The number of hydrogen-bond acceptors (Lipinski definition) is 6. The Kier molecular flexibility index (Phi) is 8.47. The van der Waals surface area contributed by atoms with Crippen molar-refractivity contribution >= 4 is 45.8 Å². The first kappa shape index (κ1) is 27.7. The summed E-state index contributed by atoms with van der Waals surface area (Å²) in [5.74, 6) is 0.107. The van der Waals surface area contributed by atoms with Gasteiger partial charge in [0.2, 0.25) is 5.91 Å². The van der Waals surface area contributed by atoms with Crippen LogP contribution in [-0.2, 0) is 11.2 Å². The van der Waals surface area contributed by atoms with Crippen LogP contribution in [0.5, 0.6) is 0 Å².